The first kappa shape index (κ1) is 8.31. The minimum Gasteiger partial charge on any atom is -0.388 e. The second-order valence-corrected chi connectivity index (χ2v) is 3.55. The summed E-state index contributed by atoms with van der Waals surface area (Å²) in [5.74, 6) is 1.36. The minimum absolute atomic E-state index is 0. The normalized spacial score (nSPS) is 49.8. The summed E-state index contributed by atoms with van der Waals surface area (Å²) in [5.41, 5.74) is 4.98. The van der Waals surface area contributed by atoms with Crippen molar-refractivity contribution in [2.24, 2.45) is 17.6 Å². The van der Waals surface area contributed by atoms with Crippen molar-refractivity contribution in [3.63, 3.8) is 0 Å². The summed E-state index contributed by atoms with van der Waals surface area (Å²) in [5, 5.41) is 9.69. The summed E-state index contributed by atoms with van der Waals surface area (Å²) >= 11 is 0. The molecule has 10 heavy (non-hydrogen) atoms. The molecule has 0 radical (unpaired) electrons. The molecule has 2 nitrogen and oxygen atoms in total. The lowest BCUT2D eigenvalue weighted by Crippen LogP contribution is -2.39. The van der Waals surface area contributed by atoms with Crippen LogP contribution >= 0.6 is 12.4 Å². The Bertz CT molecular complexity index is 136. The van der Waals surface area contributed by atoms with Gasteiger partial charge in [0, 0.05) is 6.54 Å². The standard InChI is InChI=1S/C7H13NO.ClH/c8-4-7(9)3-5-1-6(7)2-5;/h5-6,9H,1-4,8H2;1H. The van der Waals surface area contributed by atoms with Crippen LogP contribution in [0.25, 0.3) is 0 Å². The Morgan fingerprint density at radius 3 is 2.30 bits per heavy atom. The van der Waals surface area contributed by atoms with Crippen LogP contribution in [0.4, 0.5) is 0 Å². The third-order valence-corrected chi connectivity index (χ3v) is 2.99. The highest BCUT2D eigenvalue weighted by Crippen LogP contribution is 2.54. The first-order chi connectivity index (χ1) is 4.24. The van der Waals surface area contributed by atoms with Gasteiger partial charge < -0.3 is 10.8 Å². The molecule has 0 aromatic heterocycles. The van der Waals surface area contributed by atoms with Crippen molar-refractivity contribution < 1.29 is 5.11 Å². The lowest BCUT2D eigenvalue weighted by Gasteiger charge is -2.29. The molecule has 2 bridgehead atoms. The number of halogens is 1. The smallest absolute Gasteiger partial charge is 0.0800 e. The van der Waals surface area contributed by atoms with Crippen molar-refractivity contribution in [1.29, 1.82) is 0 Å². The molecular weight excluding hydrogens is 150 g/mol. The van der Waals surface area contributed by atoms with E-state index in [2.05, 4.69) is 0 Å². The molecule has 0 heterocycles. The highest BCUT2D eigenvalue weighted by atomic mass is 35.5. The maximum absolute atomic E-state index is 9.69. The van der Waals surface area contributed by atoms with Gasteiger partial charge in [0.25, 0.3) is 0 Å². The number of nitrogens with two attached hydrogens (primary N) is 1. The first-order valence-corrected chi connectivity index (χ1v) is 3.67. The average molecular weight is 164 g/mol. The molecule has 3 heteroatoms. The summed E-state index contributed by atoms with van der Waals surface area (Å²) < 4.78 is 0. The Hall–Kier alpha value is 0.210. The molecule has 60 valence electrons. The highest BCUT2D eigenvalue weighted by Gasteiger charge is 2.53. The molecule has 3 saturated carbocycles. The fourth-order valence-electron chi connectivity index (χ4n) is 2.26. The summed E-state index contributed by atoms with van der Waals surface area (Å²) in [6.45, 7) is 0.466. The van der Waals surface area contributed by atoms with Gasteiger partial charge >= 0.3 is 0 Å². The van der Waals surface area contributed by atoms with E-state index in [0.717, 1.165) is 12.3 Å². The van der Waals surface area contributed by atoms with Crippen LogP contribution in [0.3, 0.4) is 0 Å². The van der Waals surface area contributed by atoms with Gasteiger partial charge in [0.2, 0.25) is 0 Å². The van der Waals surface area contributed by atoms with Gasteiger partial charge in [-0.25, -0.2) is 0 Å². The zero-order valence-corrected chi connectivity index (χ0v) is 6.73. The molecule has 0 spiro atoms. The van der Waals surface area contributed by atoms with Crippen LogP contribution in [-0.4, -0.2) is 17.3 Å². The van der Waals surface area contributed by atoms with Crippen LogP contribution in [0.2, 0.25) is 0 Å². The SMILES string of the molecule is Cl.NCC1(O)CC2CC1C2. The van der Waals surface area contributed by atoms with Crippen LogP contribution in [-0.2, 0) is 0 Å². The number of hydrogen-bond acceptors (Lipinski definition) is 2. The van der Waals surface area contributed by atoms with Gasteiger partial charge in [0.05, 0.1) is 5.60 Å². The van der Waals surface area contributed by atoms with Crippen molar-refractivity contribution in [3.8, 4) is 0 Å². The van der Waals surface area contributed by atoms with E-state index in [9.17, 15) is 5.11 Å². The zero-order chi connectivity index (χ0) is 6.48. The highest BCUT2D eigenvalue weighted by molar-refractivity contribution is 5.85. The maximum atomic E-state index is 9.69. The average Bonchev–Trinajstić information content (AvgIpc) is 2.19. The summed E-state index contributed by atoms with van der Waals surface area (Å²) in [6.07, 6.45) is 3.43. The predicted molar refractivity (Wildman–Crippen MR) is 42.1 cm³/mol. The molecule has 3 aliphatic carbocycles. The molecule has 1 atom stereocenters. The van der Waals surface area contributed by atoms with Gasteiger partial charge in [-0.3, -0.25) is 0 Å². The number of rotatable bonds is 1. The van der Waals surface area contributed by atoms with Crippen LogP contribution in [0.5, 0.6) is 0 Å². The largest absolute Gasteiger partial charge is 0.388 e. The third kappa shape index (κ3) is 0.865. The van der Waals surface area contributed by atoms with Gasteiger partial charge in [-0.2, -0.15) is 0 Å². The molecule has 0 aromatic rings. The Balaban J connectivity index is 0.000000500. The Labute approximate surface area is 67.2 Å². The van der Waals surface area contributed by atoms with E-state index in [1.807, 2.05) is 0 Å². The second kappa shape index (κ2) is 2.36. The molecule has 3 fully saturated rings. The molecule has 0 amide bonds. The number of aliphatic hydroxyl groups is 1. The van der Waals surface area contributed by atoms with E-state index in [1.165, 1.54) is 12.8 Å². The van der Waals surface area contributed by atoms with E-state index in [4.69, 9.17) is 5.73 Å². The van der Waals surface area contributed by atoms with E-state index in [1.54, 1.807) is 0 Å². The van der Waals surface area contributed by atoms with Gasteiger partial charge in [0.15, 0.2) is 0 Å². The van der Waals surface area contributed by atoms with Crippen molar-refractivity contribution in [2.45, 2.75) is 24.9 Å². The van der Waals surface area contributed by atoms with Crippen LogP contribution < -0.4 is 5.73 Å². The fourth-order valence-corrected chi connectivity index (χ4v) is 2.26. The first-order valence-electron chi connectivity index (χ1n) is 3.67. The zero-order valence-electron chi connectivity index (χ0n) is 5.92. The maximum Gasteiger partial charge on any atom is 0.0800 e. The van der Waals surface area contributed by atoms with Gasteiger partial charge in [0.1, 0.15) is 0 Å². The Kier molecular flexibility index (Phi) is 1.96. The second-order valence-electron chi connectivity index (χ2n) is 3.55. The lowest BCUT2D eigenvalue weighted by atomic mass is 9.81. The Morgan fingerprint density at radius 1 is 1.50 bits per heavy atom. The van der Waals surface area contributed by atoms with E-state index in [-0.39, 0.29) is 12.4 Å². The molecule has 0 aromatic carbocycles. The summed E-state index contributed by atoms with van der Waals surface area (Å²) in [4.78, 5) is 0. The molecule has 0 aliphatic heterocycles. The van der Waals surface area contributed by atoms with Crippen molar-refractivity contribution in [1.82, 2.24) is 0 Å². The van der Waals surface area contributed by atoms with Crippen molar-refractivity contribution in [3.05, 3.63) is 0 Å². The number of fused-ring (bicyclic) bond motifs is 1. The van der Waals surface area contributed by atoms with E-state index >= 15 is 0 Å². The molecular formula is C7H14ClNO. The molecule has 3 N–H and O–H groups in total. The van der Waals surface area contributed by atoms with Crippen LogP contribution in [0.15, 0.2) is 0 Å². The van der Waals surface area contributed by atoms with Gasteiger partial charge in [-0.05, 0) is 31.1 Å². The van der Waals surface area contributed by atoms with Crippen LogP contribution in [0.1, 0.15) is 19.3 Å². The van der Waals surface area contributed by atoms with Crippen LogP contribution in [0, 0.1) is 11.8 Å². The summed E-state index contributed by atoms with van der Waals surface area (Å²) in [6, 6.07) is 0. The molecule has 3 rings (SSSR count). The topological polar surface area (TPSA) is 46.2 Å². The van der Waals surface area contributed by atoms with E-state index < -0.39 is 5.60 Å². The van der Waals surface area contributed by atoms with Crippen molar-refractivity contribution in [2.75, 3.05) is 6.54 Å². The Morgan fingerprint density at radius 2 is 2.10 bits per heavy atom. The van der Waals surface area contributed by atoms with E-state index in [0.29, 0.717) is 12.5 Å². The fraction of sp³-hybridized carbons (Fsp3) is 1.00. The molecule has 3 aliphatic rings. The lowest BCUT2D eigenvalue weighted by molar-refractivity contribution is 0.0191. The van der Waals surface area contributed by atoms with Crippen molar-refractivity contribution >= 4 is 12.4 Å². The third-order valence-electron chi connectivity index (χ3n) is 2.99. The molecule has 1 unspecified atom stereocenters. The minimum atomic E-state index is -0.454. The molecule has 0 saturated heterocycles. The quantitative estimate of drug-likeness (QED) is 0.593. The predicted octanol–water partition coefficient (Wildman–Crippen LogP) is 0.528. The van der Waals surface area contributed by atoms with Gasteiger partial charge in [-0.15, -0.1) is 12.4 Å². The van der Waals surface area contributed by atoms with Gasteiger partial charge in [-0.1, -0.05) is 0 Å². The number of hydrogen-bond donors (Lipinski definition) is 2. The summed E-state index contributed by atoms with van der Waals surface area (Å²) in [7, 11) is 0. The monoisotopic (exact) mass is 163 g/mol.